The topological polar surface area (TPSA) is 29.1 Å². The third-order valence-corrected chi connectivity index (χ3v) is 3.20. The quantitative estimate of drug-likeness (QED) is 0.848. The summed E-state index contributed by atoms with van der Waals surface area (Å²) in [5.74, 6) is 0.353. The number of hydrogen-bond acceptors (Lipinski definition) is 2. The smallest absolute Gasteiger partial charge is 0.136 e. The number of rotatable bonds is 1. The van der Waals surface area contributed by atoms with Gasteiger partial charge < -0.3 is 5.32 Å². The van der Waals surface area contributed by atoms with E-state index >= 15 is 0 Å². The summed E-state index contributed by atoms with van der Waals surface area (Å²) in [5.41, 5.74) is 1.18. The number of carbonyl (C=O) groups excluding carboxylic acids is 1. The molecular formula is C12H14BrNO. The fourth-order valence-corrected chi connectivity index (χ4v) is 2.47. The van der Waals surface area contributed by atoms with Crippen LogP contribution >= 0.6 is 15.9 Å². The van der Waals surface area contributed by atoms with Crippen molar-refractivity contribution in [2.24, 2.45) is 0 Å². The summed E-state index contributed by atoms with van der Waals surface area (Å²) in [6.45, 7) is 2.06. The zero-order valence-corrected chi connectivity index (χ0v) is 10.3. The van der Waals surface area contributed by atoms with Crippen LogP contribution in [0.25, 0.3) is 0 Å². The Kier molecular flexibility index (Phi) is 3.22. The Hall–Kier alpha value is -0.670. The molecule has 0 saturated carbocycles. The average molecular weight is 268 g/mol. The molecule has 2 nitrogen and oxygen atoms in total. The van der Waals surface area contributed by atoms with E-state index in [0.717, 1.165) is 4.47 Å². The second kappa shape index (κ2) is 4.45. The number of Topliss-reactive ketones (excluding diaryl/α,β-unsaturated/α-hetero) is 1. The van der Waals surface area contributed by atoms with Crippen LogP contribution in [0.3, 0.4) is 0 Å². The predicted octanol–water partition coefficient (Wildman–Crippen LogP) is 2.83. The minimum absolute atomic E-state index is 0.179. The maximum Gasteiger partial charge on any atom is 0.136 e. The number of ketones is 1. The van der Waals surface area contributed by atoms with Gasteiger partial charge in [0.2, 0.25) is 0 Å². The van der Waals surface area contributed by atoms with Crippen molar-refractivity contribution >= 4 is 21.7 Å². The van der Waals surface area contributed by atoms with Gasteiger partial charge in [-0.1, -0.05) is 28.1 Å². The maximum absolute atomic E-state index is 11.5. The van der Waals surface area contributed by atoms with Crippen LogP contribution in [0.2, 0.25) is 0 Å². The normalized spacial score (nSPS) is 26.7. The molecule has 0 aliphatic carbocycles. The first-order chi connectivity index (χ1) is 7.15. The largest absolute Gasteiger partial charge is 0.307 e. The summed E-state index contributed by atoms with van der Waals surface area (Å²) < 4.78 is 1.06. The number of halogens is 1. The van der Waals surface area contributed by atoms with Crippen LogP contribution in [-0.2, 0) is 4.79 Å². The first-order valence-electron chi connectivity index (χ1n) is 5.18. The van der Waals surface area contributed by atoms with Gasteiger partial charge >= 0.3 is 0 Å². The molecule has 0 aromatic heterocycles. The van der Waals surface area contributed by atoms with Crippen LogP contribution in [0.4, 0.5) is 0 Å². The molecule has 1 aromatic carbocycles. The first-order valence-corrected chi connectivity index (χ1v) is 5.97. The highest BCUT2D eigenvalue weighted by molar-refractivity contribution is 9.10. The molecule has 3 heteroatoms. The second-order valence-corrected chi connectivity index (χ2v) is 5.04. The van der Waals surface area contributed by atoms with E-state index in [0.29, 0.717) is 18.6 Å². The van der Waals surface area contributed by atoms with Crippen molar-refractivity contribution in [3.05, 3.63) is 34.3 Å². The summed E-state index contributed by atoms with van der Waals surface area (Å²) in [5, 5.41) is 3.45. The number of nitrogens with one attached hydrogen (secondary N) is 1. The lowest BCUT2D eigenvalue weighted by molar-refractivity contribution is -0.121. The Bertz CT molecular complexity index is 378. The summed E-state index contributed by atoms with van der Waals surface area (Å²) in [6, 6.07) is 8.60. The lowest BCUT2D eigenvalue weighted by atomic mass is 9.93. The lowest BCUT2D eigenvalue weighted by Crippen LogP contribution is -2.38. The zero-order chi connectivity index (χ0) is 10.8. The Labute approximate surface area is 98.2 Å². The Balaban J connectivity index is 2.19. The average Bonchev–Trinajstić information content (AvgIpc) is 2.16. The summed E-state index contributed by atoms with van der Waals surface area (Å²) >= 11 is 3.45. The highest BCUT2D eigenvalue weighted by Crippen LogP contribution is 2.25. The molecule has 0 amide bonds. The molecular weight excluding hydrogens is 254 g/mol. The van der Waals surface area contributed by atoms with E-state index in [4.69, 9.17) is 0 Å². The number of carbonyl (C=O) groups is 1. The Morgan fingerprint density at radius 3 is 2.87 bits per heavy atom. The lowest BCUT2D eigenvalue weighted by Gasteiger charge is -2.28. The maximum atomic E-state index is 11.5. The molecule has 15 heavy (non-hydrogen) atoms. The number of benzene rings is 1. The molecule has 0 unspecified atom stereocenters. The van der Waals surface area contributed by atoms with Crippen molar-refractivity contribution in [3.8, 4) is 0 Å². The zero-order valence-electron chi connectivity index (χ0n) is 8.66. The van der Waals surface area contributed by atoms with Gasteiger partial charge in [-0.25, -0.2) is 0 Å². The van der Waals surface area contributed by atoms with E-state index in [1.165, 1.54) is 5.56 Å². The molecule has 2 atom stereocenters. The van der Waals surface area contributed by atoms with Crippen LogP contribution in [0, 0.1) is 0 Å². The van der Waals surface area contributed by atoms with E-state index in [1.807, 2.05) is 12.1 Å². The van der Waals surface area contributed by atoms with E-state index in [1.54, 1.807) is 0 Å². The first kappa shape index (κ1) is 10.8. The summed E-state index contributed by atoms with van der Waals surface area (Å²) in [7, 11) is 0. The number of piperidine rings is 1. The van der Waals surface area contributed by atoms with E-state index in [-0.39, 0.29) is 12.1 Å². The monoisotopic (exact) mass is 267 g/mol. The predicted molar refractivity (Wildman–Crippen MR) is 63.7 cm³/mol. The Morgan fingerprint density at radius 1 is 1.40 bits per heavy atom. The van der Waals surface area contributed by atoms with Gasteiger partial charge in [-0.2, -0.15) is 0 Å². The minimum atomic E-state index is 0.179. The molecule has 1 heterocycles. The highest BCUT2D eigenvalue weighted by atomic mass is 79.9. The van der Waals surface area contributed by atoms with Gasteiger partial charge in [0.15, 0.2) is 0 Å². The number of hydrogen-bond donors (Lipinski definition) is 1. The van der Waals surface area contributed by atoms with Crippen molar-refractivity contribution in [3.63, 3.8) is 0 Å². The van der Waals surface area contributed by atoms with Crippen LogP contribution in [0.1, 0.15) is 31.4 Å². The minimum Gasteiger partial charge on any atom is -0.307 e. The van der Waals surface area contributed by atoms with Crippen molar-refractivity contribution < 1.29 is 4.79 Å². The second-order valence-electron chi connectivity index (χ2n) is 4.12. The molecule has 2 rings (SSSR count). The highest BCUT2D eigenvalue weighted by Gasteiger charge is 2.24. The van der Waals surface area contributed by atoms with Gasteiger partial charge in [0.05, 0.1) is 0 Å². The molecule has 1 fully saturated rings. The van der Waals surface area contributed by atoms with Crippen LogP contribution < -0.4 is 5.32 Å². The standard InChI is InChI=1S/C12H14BrNO/c1-8-5-11(15)7-12(14-8)9-3-2-4-10(13)6-9/h2-4,6,8,12,14H,5,7H2,1H3/t8-,12-/m1/s1. The molecule has 0 bridgehead atoms. The van der Waals surface area contributed by atoms with E-state index in [2.05, 4.69) is 40.3 Å². The van der Waals surface area contributed by atoms with Crippen LogP contribution in [0.5, 0.6) is 0 Å². The fourth-order valence-electron chi connectivity index (χ4n) is 2.05. The Morgan fingerprint density at radius 2 is 2.20 bits per heavy atom. The fraction of sp³-hybridized carbons (Fsp3) is 0.417. The summed E-state index contributed by atoms with van der Waals surface area (Å²) in [6.07, 6.45) is 1.27. The SMILES string of the molecule is C[C@@H]1CC(=O)C[C@H](c2cccc(Br)c2)N1. The molecule has 1 aromatic rings. The van der Waals surface area contributed by atoms with E-state index < -0.39 is 0 Å². The molecule has 0 spiro atoms. The van der Waals surface area contributed by atoms with Gasteiger partial charge in [0.1, 0.15) is 5.78 Å². The van der Waals surface area contributed by atoms with Crippen LogP contribution in [0.15, 0.2) is 28.7 Å². The van der Waals surface area contributed by atoms with Gasteiger partial charge in [-0.15, -0.1) is 0 Å². The van der Waals surface area contributed by atoms with Gasteiger partial charge in [0.25, 0.3) is 0 Å². The third-order valence-electron chi connectivity index (χ3n) is 2.70. The molecule has 1 N–H and O–H groups in total. The van der Waals surface area contributed by atoms with Crippen LogP contribution in [-0.4, -0.2) is 11.8 Å². The van der Waals surface area contributed by atoms with Gasteiger partial charge in [-0.05, 0) is 24.6 Å². The van der Waals surface area contributed by atoms with Crippen molar-refractivity contribution in [1.29, 1.82) is 0 Å². The van der Waals surface area contributed by atoms with Gasteiger partial charge in [-0.3, -0.25) is 4.79 Å². The molecule has 80 valence electrons. The van der Waals surface area contributed by atoms with Gasteiger partial charge in [0, 0.05) is 29.4 Å². The third kappa shape index (κ3) is 2.67. The summed E-state index contributed by atoms with van der Waals surface area (Å²) in [4.78, 5) is 11.5. The molecule has 1 aliphatic heterocycles. The molecule has 1 aliphatic rings. The molecule has 0 radical (unpaired) electrons. The molecule has 1 saturated heterocycles. The van der Waals surface area contributed by atoms with Crippen molar-refractivity contribution in [2.75, 3.05) is 0 Å². The van der Waals surface area contributed by atoms with Crippen molar-refractivity contribution in [2.45, 2.75) is 31.8 Å². The van der Waals surface area contributed by atoms with Crippen molar-refractivity contribution in [1.82, 2.24) is 5.32 Å². The van der Waals surface area contributed by atoms with E-state index in [9.17, 15) is 4.79 Å².